The predicted molar refractivity (Wildman–Crippen MR) is 87.4 cm³/mol. The molecule has 25 heavy (non-hydrogen) atoms. The fourth-order valence-electron chi connectivity index (χ4n) is 2.49. The third kappa shape index (κ3) is 3.58. The van der Waals surface area contributed by atoms with E-state index >= 15 is 0 Å². The van der Waals surface area contributed by atoms with Crippen molar-refractivity contribution in [3.05, 3.63) is 56.0 Å². The molecule has 9 nitrogen and oxygen atoms in total. The number of carbonyl (C=O) groups is 1. The lowest BCUT2D eigenvalue weighted by Crippen LogP contribution is -2.23. The molecule has 0 aliphatic rings. The summed E-state index contributed by atoms with van der Waals surface area (Å²) in [7, 11) is 0. The van der Waals surface area contributed by atoms with Crippen molar-refractivity contribution in [1.82, 2.24) is 9.36 Å². The van der Waals surface area contributed by atoms with Crippen molar-refractivity contribution < 1.29 is 14.5 Å². The van der Waals surface area contributed by atoms with Crippen molar-refractivity contribution in [3.63, 3.8) is 0 Å². The zero-order chi connectivity index (χ0) is 18.6. The Balaban J connectivity index is 2.56. The van der Waals surface area contributed by atoms with Gasteiger partial charge < -0.3 is 4.74 Å². The molecule has 0 unspecified atom stereocenters. The molecule has 0 atom stereocenters. The number of nitrogens with zero attached hydrogens (tertiary/aromatic N) is 4. The van der Waals surface area contributed by atoms with Gasteiger partial charge >= 0.3 is 5.97 Å². The maximum atomic E-state index is 12.7. The summed E-state index contributed by atoms with van der Waals surface area (Å²) in [5, 5.41) is 19.8. The number of nitriles is 1. The highest BCUT2D eigenvalue weighted by Crippen LogP contribution is 2.17. The highest BCUT2D eigenvalue weighted by Gasteiger charge is 2.21. The van der Waals surface area contributed by atoms with Crippen molar-refractivity contribution >= 4 is 11.7 Å². The highest BCUT2D eigenvalue weighted by atomic mass is 16.6. The zero-order valence-electron chi connectivity index (χ0n) is 13.8. The number of benzene rings is 1. The minimum absolute atomic E-state index is 0.110. The van der Waals surface area contributed by atoms with Crippen molar-refractivity contribution in [3.8, 4) is 11.8 Å². The summed E-state index contributed by atoms with van der Waals surface area (Å²) in [6, 6.07) is 7.34. The number of hydrogen-bond donors (Lipinski definition) is 0. The lowest BCUT2D eigenvalue weighted by Gasteiger charge is -2.10. The second-order valence-electron chi connectivity index (χ2n) is 5.15. The molecular formula is C16H16N4O5. The van der Waals surface area contributed by atoms with Gasteiger partial charge in [-0.2, -0.15) is 5.26 Å². The summed E-state index contributed by atoms with van der Waals surface area (Å²) in [4.78, 5) is 34.7. The summed E-state index contributed by atoms with van der Waals surface area (Å²) < 4.78 is 7.54. The van der Waals surface area contributed by atoms with Gasteiger partial charge in [0.25, 0.3) is 11.2 Å². The monoisotopic (exact) mass is 344 g/mol. The number of aromatic nitrogens is 2. The van der Waals surface area contributed by atoms with Crippen LogP contribution in [0.2, 0.25) is 0 Å². The summed E-state index contributed by atoms with van der Waals surface area (Å²) >= 11 is 0. The first-order valence-corrected chi connectivity index (χ1v) is 7.49. The Kier molecular flexibility index (Phi) is 5.34. The molecule has 0 aliphatic carbocycles. The van der Waals surface area contributed by atoms with Crippen molar-refractivity contribution in [2.75, 3.05) is 6.61 Å². The van der Waals surface area contributed by atoms with Crippen LogP contribution in [0.25, 0.3) is 5.69 Å². The van der Waals surface area contributed by atoms with Crippen LogP contribution in [0.5, 0.6) is 0 Å². The van der Waals surface area contributed by atoms with E-state index in [4.69, 9.17) is 10.00 Å². The van der Waals surface area contributed by atoms with Crippen LogP contribution in [0.3, 0.4) is 0 Å². The topological polar surface area (TPSA) is 120 Å². The number of esters is 1. The molecule has 0 saturated carbocycles. The van der Waals surface area contributed by atoms with Crippen LogP contribution in [0.15, 0.2) is 29.1 Å². The van der Waals surface area contributed by atoms with Gasteiger partial charge in [-0.1, -0.05) is 0 Å². The molecule has 1 aromatic carbocycles. The van der Waals surface area contributed by atoms with Gasteiger partial charge in [-0.05, 0) is 26.0 Å². The van der Waals surface area contributed by atoms with Crippen LogP contribution >= 0.6 is 0 Å². The van der Waals surface area contributed by atoms with Gasteiger partial charge in [0.1, 0.15) is 6.54 Å². The van der Waals surface area contributed by atoms with Gasteiger partial charge in [-0.15, -0.1) is 0 Å². The molecule has 1 heterocycles. The summed E-state index contributed by atoms with van der Waals surface area (Å²) in [6.07, 6.45) is -0.204. The predicted octanol–water partition coefficient (Wildman–Crippen LogP) is 1.48. The van der Waals surface area contributed by atoms with E-state index in [1.165, 1.54) is 33.6 Å². The third-order valence-electron chi connectivity index (χ3n) is 3.67. The normalized spacial score (nSPS) is 10.3. The van der Waals surface area contributed by atoms with Crippen LogP contribution in [0.4, 0.5) is 5.69 Å². The largest absolute Gasteiger partial charge is 0.466 e. The van der Waals surface area contributed by atoms with Gasteiger partial charge in [0.15, 0.2) is 0 Å². The lowest BCUT2D eigenvalue weighted by atomic mass is 10.2. The molecule has 0 saturated heterocycles. The SMILES string of the molecule is CCOC(=O)Cc1c(C)n(CC#N)n(-c2ccc([N+](=O)[O-])cc2)c1=O. The van der Waals surface area contributed by atoms with Crippen molar-refractivity contribution in [2.24, 2.45) is 0 Å². The number of carbonyl (C=O) groups excluding carboxylic acids is 1. The van der Waals surface area contributed by atoms with Crippen LogP contribution in [0, 0.1) is 28.4 Å². The summed E-state index contributed by atoms with van der Waals surface area (Å²) in [6.45, 7) is 3.39. The Hall–Kier alpha value is -3.41. The first-order chi connectivity index (χ1) is 11.9. The summed E-state index contributed by atoms with van der Waals surface area (Å²) in [5.74, 6) is -0.535. The number of non-ortho nitro benzene ring substituents is 1. The minimum atomic E-state index is -0.543. The third-order valence-corrected chi connectivity index (χ3v) is 3.67. The maximum Gasteiger partial charge on any atom is 0.310 e. The zero-order valence-corrected chi connectivity index (χ0v) is 13.8. The number of ether oxygens (including phenoxy) is 1. The van der Waals surface area contributed by atoms with Gasteiger partial charge in [0, 0.05) is 17.8 Å². The molecule has 2 aromatic rings. The molecule has 0 radical (unpaired) electrons. The number of rotatable bonds is 6. The van der Waals surface area contributed by atoms with E-state index in [1.807, 2.05) is 6.07 Å². The Morgan fingerprint density at radius 1 is 1.36 bits per heavy atom. The van der Waals surface area contributed by atoms with E-state index in [2.05, 4.69) is 0 Å². The standard InChI is InChI=1S/C16H16N4O5/c1-3-25-15(21)10-14-11(2)18(9-8-17)19(16(14)22)12-4-6-13(7-5-12)20(23)24/h4-7H,3,9-10H2,1-2H3. The van der Waals surface area contributed by atoms with Crippen LogP contribution in [0.1, 0.15) is 18.2 Å². The maximum absolute atomic E-state index is 12.7. The van der Waals surface area contributed by atoms with E-state index in [1.54, 1.807) is 13.8 Å². The number of hydrogen-bond acceptors (Lipinski definition) is 6. The average molecular weight is 344 g/mol. The number of nitro benzene ring substituents is 1. The molecule has 0 aliphatic heterocycles. The summed E-state index contributed by atoms with van der Waals surface area (Å²) in [5.41, 5.74) is 0.488. The van der Waals surface area contributed by atoms with Crippen LogP contribution < -0.4 is 5.56 Å². The Labute approximate surface area is 142 Å². The molecule has 130 valence electrons. The first kappa shape index (κ1) is 17.9. The smallest absolute Gasteiger partial charge is 0.310 e. The minimum Gasteiger partial charge on any atom is -0.466 e. The van der Waals surface area contributed by atoms with E-state index in [9.17, 15) is 19.7 Å². The molecule has 0 bridgehead atoms. The molecule has 0 N–H and O–H groups in total. The fraction of sp³-hybridized carbons (Fsp3) is 0.312. The number of nitro groups is 1. The Bertz CT molecular complexity index is 902. The molecule has 1 aromatic heterocycles. The van der Waals surface area contributed by atoms with Gasteiger partial charge in [-0.3, -0.25) is 24.4 Å². The molecule has 0 amide bonds. The Morgan fingerprint density at radius 3 is 2.52 bits per heavy atom. The van der Waals surface area contributed by atoms with Crippen molar-refractivity contribution in [2.45, 2.75) is 26.8 Å². The molecule has 0 spiro atoms. The second kappa shape index (κ2) is 7.44. The first-order valence-electron chi connectivity index (χ1n) is 7.49. The quantitative estimate of drug-likeness (QED) is 0.445. The average Bonchev–Trinajstić information content (AvgIpc) is 2.80. The van der Waals surface area contributed by atoms with Crippen molar-refractivity contribution in [1.29, 1.82) is 5.26 Å². The molecule has 2 rings (SSSR count). The highest BCUT2D eigenvalue weighted by molar-refractivity contribution is 5.72. The van der Waals surface area contributed by atoms with E-state index in [0.717, 1.165) is 0 Å². The van der Waals surface area contributed by atoms with Crippen LogP contribution in [-0.2, 0) is 22.5 Å². The van der Waals surface area contributed by atoms with Gasteiger partial charge in [0.2, 0.25) is 0 Å². The fourth-order valence-corrected chi connectivity index (χ4v) is 2.49. The van der Waals surface area contributed by atoms with Gasteiger partial charge in [-0.25, -0.2) is 4.68 Å². The lowest BCUT2D eigenvalue weighted by molar-refractivity contribution is -0.384. The molecule has 9 heteroatoms. The second-order valence-corrected chi connectivity index (χ2v) is 5.15. The molecule has 0 fully saturated rings. The van der Waals surface area contributed by atoms with E-state index in [0.29, 0.717) is 11.4 Å². The van der Waals surface area contributed by atoms with E-state index < -0.39 is 16.5 Å². The van der Waals surface area contributed by atoms with Crippen LogP contribution in [-0.4, -0.2) is 26.9 Å². The Morgan fingerprint density at radius 2 is 2.00 bits per heavy atom. The van der Waals surface area contributed by atoms with E-state index in [-0.39, 0.29) is 30.8 Å². The van der Waals surface area contributed by atoms with Gasteiger partial charge in [0.05, 0.1) is 35.3 Å². The molecular weight excluding hydrogens is 328 g/mol.